The van der Waals surface area contributed by atoms with Gasteiger partial charge in [-0.25, -0.2) is 0 Å². The predicted octanol–water partition coefficient (Wildman–Crippen LogP) is 1.05. The van der Waals surface area contributed by atoms with Crippen LogP contribution in [-0.4, -0.2) is 23.6 Å². The number of nitrogens with one attached hydrogen (secondary N) is 1. The molecule has 0 saturated heterocycles. The molecule has 4 rings (SSSR count). The number of rotatable bonds is 6. The van der Waals surface area contributed by atoms with Gasteiger partial charge in [-0.05, 0) is 42.3 Å². The number of hydrogen-bond acceptors (Lipinski definition) is 6. The minimum Gasteiger partial charge on any atom is -0.484 e. The Bertz CT molecular complexity index is 1130. The van der Waals surface area contributed by atoms with Gasteiger partial charge in [0, 0.05) is 13.1 Å². The van der Waals surface area contributed by atoms with Gasteiger partial charge in [-0.3, -0.25) is 19.1 Å². The highest BCUT2D eigenvalue weighted by atomic mass is 32.1. The van der Waals surface area contributed by atoms with E-state index in [1.165, 1.54) is 11.3 Å². The molecule has 8 heteroatoms. The number of carbonyl (C=O) groups excluding carboxylic acids is 1. The number of benzene rings is 1. The van der Waals surface area contributed by atoms with Crippen LogP contribution in [0.3, 0.4) is 0 Å². The summed E-state index contributed by atoms with van der Waals surface area (Å²) in [6.07, 6.45) is 4.32. The Morgan fingerprint density at radius 1 is 1.32 bits per heavy atom. The van der Waals surface area contributed by atoms with Crippen LogP contribution in [0.5, 0.6) is 5.75 Å². The molecule has 3 heterocycles. The average molecular weight is 397 g/mol. The van der Waals surface area contributed by atoms with E-state index < -0.39 is 0 Å². The third-order valence-electron chi connectivity index (χ3n) is 4.26. The van der Waals surface area contributed by atoms with Crippen LogP contribution in [0.25, 0.3) is 6.08 Å². The van der Waals surface area contributed by atoms with Crippen LogP contribution < -0.4 is 24.9 Å². The first-order chi connectivity index (χ1) is 13.7. The number of nitrogens with zero attached hydrogens (tertiary/aromatic N) is 2. The van der Waals surface area contributed by atoms with Gasteiger partial charge in [0.1, 0.15) is 11.5 Å². The lowest BCUT2D eigenvalue weighted by molar-refractivity contribution is -0.123. The van der Waals surface area contributed by atoms with Gasteiger partial charge in [0.05, 0.1) is 17.3 Å². The fourth-order valence-corrected chi connectivity index (χ4v) is 3.87. The Balaban J connectivity index is 1.37. The predicted molar refractivity (Wildman–Crippen MR) is 105 cm³/mol. The van der Waals surface area contributed by atoms with Gasteiger partial charge in [-0.1, -0.05) is 23.5 Å². The number of amides is 1. The third-order valence-corrected chi connectivity index (χ3v) is 5.31. The van der Waals surface area contributed by atoms with Crippen molar-refractivity contribution in [2.75, 3.05) is 13.2 Å². The Morgan fingerprint density at radius 2 is 2.18 bits per heavy atom. The van der Waals surface area contributed by atoms with Crippen molar-refractivity contribution in [2.45, 2.75) is 19.5 Å². The van der Waals surface area contributed by atoms with Crippen LogP contribution in [0.2, 0.25) is 0 Å². The van der Waals surface area contributed by atoms with E-state index in [0.29, 0.717) is 22.6 Å². The maximum Gasteiger partial charge on any atom is 0.270 e. The second-order valence-electron chi connectivity index (χ2n) is 6.30. The summed E-state index contributed by atoms with van der Waals surface area (Å²) in [7, 11) is 0. The Kier molecular flexibility index (Phi) is 5.38. The molecule has 0 unspecified atom stereocenters. The maximum absolute atomic E-state index is 12.4. The van der Waals surface area contributed by atoms with Crippen molar-refractivity contribution in [2.24, 2.45) is 4.99 Å². The topological polar surface area (TPSA) is 85.8 Å². The zero-order valence-electron chi connectivity index (χ0n) is 15.1. The van der Waals surface area contributed by atoms with Gasteiger partial charge in [0.15, 0.2) is 11.4 Å². The van der Waals surface area contributed by atoms with E-state index in [0.717, 1.165) is 29.9 Å². The van der Waals surface area contributed by atoms with Crippen LogP contribution in [0.15, 0.2) is 56.9 Å². The Labute approximate surface area is 164 Å². The largest absolute Gasteiger partial charge is 0.484 e. The number of thiazole rings is 1. The number of aromatic nitrogens is 1. The van der Waals surface area contributed by atoms with Gasteiger partial charge in [0.25, 0.3) is 11.5 Å². The first kappa shape index (κ1) is 18.2. The normalized spacial score (nSPS) is 13.6. The number of furan rings is 1. The van der Waals surface area contributed by atoms with Gasteiger partial charge in [-0.2, -0.15) is 0 Å². The average Bonchev–Trinajstić information content (AvgIpc) is 3.35. The molecule has 0 fully saturated rings. The van der Waals surface area contributed by atoms with E-state index in [1.54, 1.807) is 35.1 Å². The summed E-state index contributed by atoms with van der Waals surface area (Å²) in [5.41, 5.74) is 0.905. The second kappa shape index (κ2) is 8.26. The molecule has 0 saturated carbocycles. The Hall–Kier alpha value is -3.13. The summed E-state index contributed by atoms with van der Waals surface area (Å²) in [6, 6.07) is 10.8. The summed E-state index contributed by atoms with van der Waals surface area (Å²) < 4.78 is 13.1. The van der Waals surface area contributed by atoms with Gasteiger partial charge >= 0.3 is 0 Å². The molecule has 28 heavy (non-hydrogen) atoms. The monoisotopic (exact) mass is 397 g/mol. The lowest BCUT2D eigenvalue weighted by atomic mass is 10.2. The van der Waals surface area contributed by atoms with Gasteiger partial charge < -0.3 is 14.5 Å². The molecule has 1 aliphatic heterocycles. The van der Waals surface area contributed by atoms with Gasteiger partial charge in [-0.15, -0.1) is 0 Å². The summed E-state index contributed by atoms with van der Waals surface area (Å²) in [6.45, 7) is 1.76. The maximum atomic E-state index is 12.4. The molecule has 0 aliphatic carbocycles. The zero-order valence-corrected chi connectivity index (χ0v) is 15.9. The molecule has 1 amide bonds. The lowest BCUT2D eigenvalue weighted by Gasteiger charge is -2.06. The van der Waals surface area contributed by atoms with Crippen molar-refractivity contribution in [1.82, 2.24) is 9.88 Å². The molecule has 0 bridgehead atoms. The van der Waals surface area contributed by atoms with Crippen molar-refractivity contribution in [1.29, 1.82) is 0 Å². The summed E-state index contributed by atoms with van der Waals surface area (Å²) in [4.78, 5) is 29.4. The second-order valence-corrected chi connectivity index (χ2v) is 7.31. The molecule has 0 radical (unpaired) electrons. The smallest absolute Gasteiger partial charge is 0.270 e. The van der Waals surface area contributed by atoms with Crippen LogP contribution in [0.1, 0.15) is 17.7 Å². The molecular formula is C20H19N3O4S. The molecule has 2 aromatic heterocycles. The zero-order chi connectivity index (χ0) is 19.3. The van der Waals surface area contributed by atoms with E-state index in [1.807, 2.05) is 18.2 Å². The third kappa shape index (κ3) is 4.23. The van der Waals surface area contributed by atoms with Crippen molar-refractivity contribution in [3.8, 4) is 5.75 Å². The lowest BCUT2D eigenvalue weighted by Crippen LogP contribution is -2.33. The highest BCUT2D eigenvalue weighted by Crippen LogP contribution is 2.12. The van der Waals surface area contributed by atoms with E-state index in [-0.39, 0.29) is 18.1 Å². The van der Waals surface area contributed by atoms with Crippen LogP contribution in [0.4, 0.5) is 0 Å². The minimum atomic E-state index is -0.229. The van der Waals surface area contributed by atoms with Crippen LogP contribution >= 0.6 is 11.3 Å². The van der Waals surface area contributed by atoms with Crippen LogP contribution in [-0.2, 0) is 17.9 Å². The summed E-state index contributed by atoms with van der Waals surface area (Å²) >= 11 is 1.42. The van der Waals surface area contributed by atoms with Crippen molar-refractivity contribution in [3.63, 3.8) is 0 Å². The van der Waals surface area contributed by atoms with Gasteiger partial charge in [0.2, 0.25) is 0 Å². The molecule has 3 aromatic rings. The fourth-order valence-electron chi connectivity index (χ4n) is 2.84. The first-order valence-corrected chi connectivity index (χ1v) is 9.78. The van der Waals surface area contributed by atoms with E-state index in [9.17, 15) is 9.59 Å². The standard InChI is InChI=1S/C20H19N3O4S/c24-18(22-12-16-3-1-10-26-16)13-27-15-6-4-14(5-7-15)11-17-19(25)23-9-2-8-21-20(23)28-17/h1,3-7,10-11H,2,8-9,12-13H2,(H,22,24)/b17-11+. The quantitative estimate of drug-likeness (QED) is 0.674. The molecule has 1 aliphatic rings. The molecule has 0 atom stereocenters. The van der Waals surface area contributed by atoms with E-state index >= 15 is 0 Å². The summed E-state index contributed by atoms with van der Waals surface area (Å²) in [5.74, 6) is 1.04. The number of fused-ring (bicyclic) bond motifs is 1. The number of hydrogen-bond donors (Lipinski definition) is 1. The summed E-state index contributed by atoms with van der Waals surface area (Å²) in [5, 5.41) is 2.72. The van der Waals surface area contributed by atoms with E-state index in [4.69, 9.17) is 9.15 Å². The van der Waals surface area contributed by atoms with Crippen molar-refractivity contribution >= 4 is 23.3 Å². The highest BCUT2D eigenvalue weighted by Gasteiger charge is 2.09. The molecule has 144 valence electrons. The minimum absolute atomic E-state index is 0.0111. The highest BCUT2D eigenvalue weighted by molar-refractivity contribution is 7.07. The van der Waals surface area contributed by atoms with E-state index in [2.05, 4.69) is 10.3 Å². The molecule has 1 N–H and O–H groups in total. The SMILES string of the molecule is O=C(COc1ccc(/C=c2/sc3n(c2=O)CCCN=3)cc1)NCc1ccco1. The number of carbonyl (C=O) groups is 1. The van der Waals surface area contributed by atoms with Crippen LogP contribution in [0, 0.1) is 0 Å². The molecule has 7 nitrogen and oxygen atoms in total. The Morgan fingerprint density at radius 3 is 2.93 bits per heavy atom. The molecular weight excluding hydrogens is 378 g/mol. The first-order valence-electron chi connectivity index (χ1n) is 8.97. The fraction of sp³-hybridized carbons (Fsp3) is 0.250. The van der Waals surface area contributed by atoms with Crippen molar-refractivity contribution < 1.29 is 13.9 Å². The number of ether oxygens (including phenoxy) is 1. The van der Waals surface area contributed by atoms with Crippen molar-refractivity contribution in [3.05, 3.63) is 73.7 Å². The molecule has 1 aromatic carbocycles. The molecule has 0 spiro atoms.